The number of rotatable bonds is 6. The Morgan fingerprint density at radius 3 is 2.35 bits per heavy atom. The summed E-state index contributed by atoms with van der Waals surface area (Å²) in [4.78, 5) is 11.8. The van der Waals surface area contributed by atoms with Crippen molar-refractivity contribution in [3.63, 3.8) is 0 Å². The molecule has 0 bridgehead atoms. The molecule has 17 heavy (non-hydrogen) atoms. The molecule has 0 saturated carbocycles. The lowest BCUT2D eigenvalue weighted by Crippen LogP contribution is -2.26. The summed E-state index contributed by atoms with van der Waals surface area (Å²) in [5.74, 6) is -0.519. The number of aliphatic hydroxyl groups is 2. The van der Waals surface area contributed by atoms with Crippen LogP contribution >= 0.6 is 0 Å². The van der Waals surface area contributed by atoms with E-state index >= 15 is 0 Å². The largest absolute Gasteiger partial charge is 0.392 e. The third-order valence-corrected chi connectivity index (χ3v) is 3.08. The molecule has 3 atom stereocenters. The topological polar surface area (TPSA) is 57.5 Å². The second-order valence-corrected chi connectivity index (χ2v) is 4.36. The van der Waals surface area contributed by atoms with Crippen molar-refractivity contribution in [2.45, 2.75) is 38.9 Å². The molecule has 0 heterocycles. The van der Waals surface area contributed by atoms with Crippen LogP contribution in [0, 0.1) is 5.92 Å². The molecular weight excluding hydrogens is 216 g/mol. The number of hydrogen-bond acceptors (Lipinski definition) is 3. The number of carbonyl (C=O) groups excluding carboxylic acids is 1. The van der Waals surface area contributed by atoms with E-state index in [1.165, 1.54) is 0 Å². The number of Topliss-reactive ketones (excluding diaryl/α,β-unsaturated/α-hetero) is 1. The summed E-state index contributed by atoms with van der Waals surface area (Å²) in [6, 6.07) is 9.10. The van der Waals surface area contributed by atoms with Crippen LogP contribution in [0.15, 0.2) is 30.3 Å². The Bertz CT molecular complexity index is 348. The average molecular weight is 236 g/mol. The SMILES string of the molecule is CC[C@@H](O)[C@H](C)C(=O)C[C@@H](O)c1ccccc1. The summed E-state index contributed by atoms with van der Waals surface area (Å²) in [5, 5.41) is 19.5. The van der Waals surface area contributed by atoms with Crippen molar-refractivity contribution in [3.8, 4) is 0 Å². The molecule has 2 N–H and O–H groups in total. The van der Waals surface area contributed by atoms with Crippen LogP contribution in [0.3, 0.4) is 0 Å². The van der Waals surface area contributed by atoms with Gasteiger partial charge in [-0.15, -0.1) is 0 Å². The summed E-state index contributed by atoms with van der Waals surface area (Å²) in [5.41, 5.74) is 0.735. The zero-order valence-corrected chi connectivity index (χ0v) is 10.3. The monoisotopic (exact) mass is 236 g/mol. The van der Waals surface area contributed by atoms with Crippen molar-refractivity contribution >= 4 is 5.78 Å². The number of aliphatic hydroxyl groups excluding tert-OH is 2. The molecular formula is C14H20O3. The van der Waals surface area contributed by atoms with Crippen molar-refractivity contribution in [1.82, 2.24) is 0 Å². The third kappa shape index (κ3) is 3.95. The Balaban J connectivity index is 2.57. The van der Waals surface area contributed by atoms with E-state index in [4.69, 9.17) is 0 Å². The maximum absolute atomic E-state index is 11.8. The molecule has 0 amide bonds. The summed E-state index contributed by atoms with van der Waals surface area (Å²) in [6.45, 7) is 3.54. The van der Waals surface area contributed by atoms with Gasteiger partial charge in [0.05, 0.1) is 12.2 Å². The molecule has 0 aliphatic carbocycles. The lowest BCUT2D eigenvalue weighted by molar-refractivity contribution is -0.127. The van der Waals surface area contributed by atoms with Crippen LogP contribution in [0.1, 0.15) is 38.4 Å². The van der Waals surface area contributed by atoms with Gasteiger partial charge < -0.3 is 10.2 Å². The van der Waals surface area contributed by atoms with Crippen molar-refractivity contribution in [2.24, 2.45) is 5.92 Å². The fourth-order valence-electron chi connectivity index (χ4n) is 1.74. The van der Waals surface area contributed by atoms with Crippen LogP contribution in [0.2, 0.25) is 0 Å². The van der Waals surface area contributed by atoms with Crippen LogP contribution in [-0.4, -0.2) is 22.1 Å². The number of hydrogen-bond donors (Lipinski definition) is 2. The van der Waals surface area contributed by atoms with Gasteiger partial charge in [0.2, 0.25) is 0 Å². The van der Waals surface area contributed by atoms with E-state index in [9.17, 15) is 15.0 Å². The highest BCUT2D eigenvalue weighted by molar-refractivity contribution is 5.81. The Kier molecular flexibility index (Phi) is 5.32. The van der Waals surface area contributed by atoms with Gasteiger partial charge in [-0.3, -0.25) is 4.79 Å². The van der Waals surface area contributed by atoms with Gasteiger partial charge >= 0.3 is 0 Å². The summed E-state index contributed by atoms with van der Waals surface area (Å²) >= 11 is 0. The van der Waals surface area contributed by atoms with Gasteiger partial charge in [0.15, 0.2) is 0 Å². The summed E-state index contributed by atoms with van der Waals surface area (Å²) < 4.78 is 0. The fraction of sp³-hybridized carbons (Fsp3) is 0.500. The Morgan fingerprint density at radius 2 is 1.82 bits per heavy atom. The Morgan fingerprint density at radius 1 is 1.24 bits per heavy atom. The maximum Gasteiger partial charge on any atom is 0.141 e. The first-order valence-corrected chi connectivity index (χ1v) is 6.00. The lowest BCUT2D eigenvalue weighted by Gasteiger charge is -2.18. The van der Waals surface area contributed by atoms with Crippen molar-refractivity contribution < 1.29 is 15.0 Å². The minimum Gasteiger partial charge on any atom is -0.392 e. The number of carbonyl (C=O) groups is 1. The zero-order valence-electron chi connectivity index (χ0n) is 10.3. The smallest absolute Gasteiger partial charge is 0.141 e. The van der Waals surface area contributed by atoms with Crippen LogP contribution in [0.25, 0.3) is 0 Å². The quantitative estimate of drug-likeness (QED) is 0.795. The standard InChI is InChI=1S/C14H20O3/c1-3-12(15)10(2)13(16)9-14(17)11-7-5-4-6-8-11/h4-8,10,12,14-15,17H,3,9H2,1-2H3/t10-,12+,14+/m0/s1. The maximum atomic E-state index is 11.8. The van der Waals surface area contributed by atoms with Gasteiger partial charge in [0.1, 0.15) is 5.78 Å². The molecule has 0 fully saturated rings. The molecule has 1 rings (SSSR count). The molecule has 1 aromatic carbocycles. The first kappa shape index (κ1) is 13.9. The van der Waals surface area contributed by atoms with Crippen molar-refractivity contribution in [3.05, 3.63) is 35.9 Å². The predicted molar refractivity (Wildman–Crippen MR) is 66.5 cm³/mol. The molecule has 0 spiro atoms. The van der Waals surface area contributed by atoms with E-state index in [2.05, 4.69) is 0 Å². The zero-order chi connectivity index (χ0) is 12.8. The van der Waals surface area contributed by atoms with Gasteiger partial charge in [-0.25, -0.2) is 0 Å². The van der Waals surface area contributed by atoms with Crippen LogP contribution in [0.5, 0.6) is 0 Å². The highest BCUT2D eigenvalue weighted by Crippen LogP contribution is 2.20. The first-order valence-electron chi connectivity index (χ1n) is 6.00. The Labute approximate surface area is 102 Å². The molecule has 3 heteroatoms. The van der Waals surface area contributed by atoms with Gasteiger partial charge in [-0.2, -0.15) is 0 Å². The molecule has 0 aliphatic heterocycles. The highest BCUT2D eigenvalue weighted by atomic mass is 16.3. The fourth-order valence-corrected chi connectivity index (χ4v) is 1.74. The van der Waals surface area contributed by atoms with Gasteiger partial charge in [-0.05, 0) is 12.0 Å². The van der Waals surface area contributed by atoms with E-state index in [0.717, 1.165) is 5.56 Å². The van der Waals surface area contributed by atoms with E-state index in [-0.39, 0.29) is 12.2 Å². The molecule has 0 saturated heterocycles. The first-order chi connectivity index (χ1) is 8.06. The third-order valence-electron chi connectivity index (χ3n) is 3.08. The van der Waals surface area contributed by atoms with Crippen LogP contribution in [0.4, 0.5) is 0 Å². The highest BCUT2D eigenvalue weighted by Gasteiger charge is 2.23. The second kappa shape index (κ2) is 6.52. The van der Waals surface area contributed by atoms with Crippen molar-refractivity contribution in [1.29, 1.82) is 0 Å². The minimum absolute atomic E-state index is 0.0578. The van der Waals surface area contributed by atoms with Crippen molar-refractivity contribution in [2.75, 3.05) is 0 Å². The Hall–Kier alpha value is -1.19. The average Bonchev–Trinajstić information content (AvgIpc) is 2.37. The summed E-state index contributed by atoms with van der Waals surface area (Å²) in [7, 11) is 0. The normalized spacial score (nSPS) is 16.2. The minimum atomic E-state index is -0.782. The molecule has 0 aliphatic rings. The number of benzene rings is 1. The molecule has 94 valence electrons. The van der Waals surface area contributed by atoms with E-state index in [0.29, 0.717) is 6.42 Å². The second-order valence-electron chi connectivity index (χ2n) is 4.36. The van der Waals surface area contributed by atoms with E-state index in [1.807, 2.05) is 25.1 Å². The molecule has 3 nitrogen and oxygen atoms in total. The number of ketones is 1. The molecule has 1 aromatic rings. The predicted octanol–water partition coefficient (Wildman–Crippen LogP) is 2.09. The van der Waals surface area contributed by atoms with Gasteiger partial charge in [0.25, 0.3) is 0 Å². The van der Waals surface area contributed by atoms with Crippen LogP contribution in [-0.2, 0) is 4.79 Å². The molecule has 0 unspecified atom stereocenters. The van der Waals surface area contributed by atoms with Crippen LogP contribution < -0.4 is 0 Å². The summed E-state index contributed by atoms with van der Waals surface area (Å²) in [6.07, 6.45) is -0.794. The van der Waals surface area contributed by atoms with E-state index < -0.39 is 18.1 Å². The molecule has 0 radical (unpaired) electrons. The molecule has 0 aromatic heterocycles. The lowest BCUT2D eigenvalue weighted by atomic mass is 9.92. The van der Waals surface area contributed by atoms with Gasteiger partial charge in [0, 0.05) is 12.3 Å². The van der Waals surface area contributed by atoms with Gasteiger partial charge in [-0.1, -0.05) is 44.2 Å². The van der Waals surface area contributed by atoms with E-state index in [1.54, 1.807) is 19.1 Å².